The van der Waals surface area contributed by atoms with Crippen LogP contribution in [0.5, 0.6) is 0 Å². The average Bonchev–Trinajstić information content (AvgIpc) is 2.66. The summed E-state index contributed by atoms with van der Waals surface area (Å²) in [5.41, 5.74) is -3.07. The molecule has 1 rings (SSSR count). The van der Waals surface area contributed by atoms with Gasteiger partial charge < -0.3 is 4.74 Å². The fraction of sp³-hybridized carbons (Fsp3) is 0.647. The minimum Gasteiger partial charge on any atom is -0.374 e. The maximum absolute atomic E-state index is 14.3. The Balaban J connectivity index is 3.58. The standard InChI is InChI=1S/C17H12F15IO/c1-10(34-2,8-3-5-9(33)6-4-8)7-11(18,19)12(20,21)13(22,23)14(24,25)15(26,27)16(28,29)17(30,31)32/h3-6H,7H2,1-2H3. The second kappa shape index (κ2) is 8.76. The molecule has 0 heterocycles. The molecule has 0 radical (unpaired) electrons. The third-order valence-corrected chi connectivity index (χ3v) is 5.58. The van der Waals surface area contributed by atoms with E-state index in [1.165, 1.54) is 12.1 Å². The smallest absolute Gasteiger partial charge is 0.374 e. The fourth-order valence-electron chi connectivity index (χ4n) is 2.63. The van der Waals surface area contributed by atoms with Gasteiger partial charge in [0.05, 0.1) is 12.0 Å². The van der Waals surface area contributed by atoms with Gasteiger partial charge in [0.25, 0.3) is 0 Å². The molecule has 0 spiro atoms. The first kappa shape index (κ1) is 30.9. The lowest BCUT2D eigenvalue weighted by Crippen LogP contribution is -2.72. The quantitative estimate of drug-likeness (QED) is 0.196. The molecule has 0 saturated carbocycles. The average molecular weight is 644 g/mol. The van der Waals surface area contributed by atoms with Gasteiger partial charge in [-0.3, -0.25) is 0 Å². The molecule has 0 fully saturated rings. The van der Waals surface area contributed by atoms with E-state index in [9.17, 15) is 65.9 Å². The Morgan fingerprint density at radius 2 is 0.971 bits per heavy atom. The summed E-state index contributed by atoms with van der Waals surface area (Å²) in [7, 11) is 0.608. The summed E-state index contributed by atoms with van der Waals surface area (Å²) in [4.78, 5) is 0. The Bertz CT molecular complexity index is 863. The number of halogens is 16. The van der Waals surface area contributed by atoms with E-state index in [1.807, 2.05) is 0 Å². The van der Waals surface area contributed by atoms with E-state index >= 15 is 0 Å². The lowest BCUT2D eigenvalue weighted by atomic mass is 9.83. The van der Waals surface area contributed by atoms with Crippen LogP contribution in [0.1, 0.15) is 18.9 Å². The number of rotatable bonds is 9. The van der Waals surface area contributed by atoms with Gasteiger partial charge in [-0.1, -0.05) is 12.1 Å². The maximum atomic E-state index is 14.3. The molecule has 0 amide bonds. The fourth-order valence-corrected chi connectivity index (χ4v) is 2.99. The molecule has 0 aliphatic carbocycles. The molecule has 1 aromatic rings. The number of hydrogen-bond donors (Lipinski definition) is 0. The minimum absolute atomic E-state index is 0.407. The Morgan fingerprint density at radius 3 is 1.32 bits per heavy atom. The second-order valence-electron chi connectivity index (χ2n) is 7.19. The summed E-state index contributed by atoms with van der Waals surface area (Å²) < 4.78 is 205. The molecule has 0 aliphatic heterocycles. The van der Waals surface area contributed by atoms with E-state index in [4.69, 9.17) is 0 Å². The molecule has 0 saturated heterocycles. The van der Waals surface area contributed by atoms with Crippen LogP contribution < -0.4 is 0 Å². The first-order valence-electron chi connectivity index (χ1n) is 8.41. The zero-order valence-corrected chi connectivity index (χ0v) is 18.6. The Morgan fingerprint density at radius 1 is 0.618 bits per heavy atom. The van der Waals surface area contributed by atoms with Crippen LogP contribution in [0.25, 0.3) is 0 Å². The number of alkyl halides is 15. The van der Waals surface area contributed by atoms with Gasteiger partial charge in [-0.25, -0.2) is 0 Å². The van der Waals surface area contributed by atoms with Crippen molar-refractivity contribution in [3.63, 3.8) is 0 Å². The Hall–Kier alpha value is -1.14. The van der Waals surface area contributed by atoms with Crippen molar-refractivity contribution < 1.29 is 70.6 Å². The predicted molar refractivity (Wildman–Crippen MR) is 93.9 cm³/mol. The SMILES string of the molecule is COC(C)(CC(F)(F)C(F)(F)C(F)(F)C(F)(F)C(F)(F)C(F)(F)C(F)(F)F)c1ccc(I)cc1. The van der Waals surface area contributed by atoms with E-state index in [0.29, 0.717) is 17.6 Å². The minimum atomic E-state index is -8.31. The van der Waals surface area contributed by atoms with E-state index in [2.05, 4.69) is 4.74 Å². The Kier molecular flexibility index (Phi) is 7.96. The van der Waals surface area contributed by atoms with Crippen molar-refractivity contribution in [3.05, 3.63) is 33.4 Å². The third kappa shape index (κ3) is 4.54. The lowest BCUT2D eigenvalue weighted by Gasteiger charge is -2.43. The van der Waals surface area contributed by atoms with Gasteiger partial charge in [0, 0.05) is 10.7 Å². The van der Waals surface area contributed by atoms with Crippen LogP contribution in [-0.4, -0.2) is 48.8 Å². The van der Waals surface area contributed by atoms with Crippen LogP contribution in [0.3, 0.4) is 0 Å². The van der Waals surface area contributed by atoms with E-state index < -0.39 is 59.3 Å². The topological polar surface area (TPSA) is 9.23 Å². The van der Waals surface area contributed by atoms with Crippen molar-refractivity contribution in [1.82, 2.24) is 0 Å². The predicted octanol–water partition coefficient (Wildman–Crippen LogP) is 7.92. The van der Waals surface area contributed by atoms with E-state index in [1.54, 1.807) is 22.6 Å². The van der Waals surface area contributed by atoms with E-state index in [-0.39, 0.29) is 0 Å². The molecule has 0 N–H and O–H groups in total. The maximum Gasteiger partial charge on any atom is 0.460 e. The molecule has 1 nitrogen and oxygen atoms in total. The zero-order chi connectivity index (χ0) is 27.4. The summed E-state index contributed by atoms with van der Waals surface area (Å²) in [6, 6.07) is 4.35. The third-order valence-electron chi connectivity index (χ3n) is 4.86. The summed E-state index contributed by atoms with van der Waals surface area (Å²) >= 11 is 1.71. The molecule has 34 heavy (non-hydrogen) atoms. The number of benzene rings is 1. The highest BCUT2D eigenvalue weighted by atomic mass is 127. The molecule has 1 atom stereocenters. The van der Waals surface area contributed by atoms with Crippen molar-refractivity contribution >= 4 is 22.6 Å². The van der Waals surface area contributed by atoms with Crippen LogP contribution in [0.15, 0.2) is 24.3 Å². The van der Waals surface area contributed by atoms with Crippen LogP contribution >= 0.6 is 22.6 Å². The molecule has 1 aromatic carbocycles. The van der Waals surface area contributed by atoms with Crippen molar-refractivity contribution in [2.24, 2.45) is 0 Å². The van der Waals surface area contributed by atoms with Gasteiger partial charge in [0.1, 0.15) is 0 Å². The van der Waals surface area contributed by atoms with Crippen LogP contribution in [0.4, 0.5) is 65.9 Å². The molecule has 1 unspecified atom stereocenters. The van der Waals surface area contributed by atoms with Crippen molar-refractivity contribution in [2.45, 2.75) is 60.7 Å². The van der Waals surface area contributed by atoms with Crippen molar-refractivity contribution in [2.75, 3.05) is 7.11 Å². The molecular weight excluding hydrogens is 632 g/mol. The molecule has 0 aliphatic rings. The molecule has 0 bridgehead atoms. The largest absolute Gasteiger partial charge is 0.460 e. The van der Waals surface area contributed by atoms with Gasteiger partial charge in [-0.2, -0.15) is 65.9 Å². The molecule has 17 heteroatoms. The molecule has 198 valence electrons. The van der Waals surface area contributed by atoms with Gasteiger partial charge in [-0.05, 0) is 47.2 Å². The normalized spacial score (nSPS) is 17.0. The summed E-state index contributed by atoms with van der Waals surface area (Å²) in [5, 5.41) is 0. The lowest BCUT2D eigenvalue weighted by molar-refractivity contribution is -0.453. The van der Waals surface area contributed by atoms with Gasteiger partial charge >= 0.3 is 41.7 Å². The van der Waals surface area contributed by atoms with Crippen LogP contribution in [0, 0.1) is 3.57 Å². The highest BCUT2D eigenvalue weighted by molar-refractivity contribution is 14.1. The number of ether oxygens (including phenoxy) is 1. The zero-order valence-electron chi connectivity index (χ0n) is 16.5. The highest BCUT2D eigenvalue weighted by Gasteiger charge is 2.93. The van der Waals surface area contributed by atoms with Crippen molar-refractivity contribution in [3.8, 4) is 0 Å². The van der Waals surface area contributed by atoms with Gasteiger partial charge in [0.15, 0.2) is 0 Å². The number of methoxy groups -OCH3 is 1. The summed E-state index contributed by atoms with van der Waals surface area (Å²) in [6.07, 6.45) is -10.2. The van der Waals surface area contributed by atoms with Crippen LogP contribution in [-0.2, 0) is 10.3 Å². The van der Waals surface area contributed by atoms with Crippen LogP contribution in [0.2, 0.25) is 0 Å². The summed E-state index contributed by atoms with van der Waals surface area (Å²) in [5.74, 6) is -46.7. The number of hydrogen-bond acceptors (Lipinski definition) is 1. The molecular formula is C17H12F15IO. The van der Waals surface area contributed by atoms with Crippen molar-refractivity contribution in [1.29, 1.82) is 0 Å². The summed E-state index contributed by atoms with van der Waals surface area (Å²) in [6.45, 7) is 0.599. The first-order chi connectivity index (χ1) is 14.8. The van der Waals surface area contributed by atoms with Gasteiger partial charge in [0.2, 0.25) is 0 Å². The van der Waals surface area contributed by atoms with E-state index in [0.717, 1.165) is 12.1 Å². The monoisotopic (exact) mass is 644 g/mol. The Labute approximate surface area is 194 Å². The highest BCUT2D eigenvalue weighted by Crippen LogP contribution is 2.63. The van der Waals surface area contributed by atoms with Gasteiger partial charge in [-0.15, -0.1) is 0 Å². The molecule has 0 aromatic heterocycles. The first-order valence-corrected chi connectivity index (χ1v) is 9.49. The second-order valence-corrected chi connectivity index (χ2v) is 8.44.